The molecule has 0 saturated heterocycles. The third-order valence-corrected chi connectivity index (χ3v) is 5.87. The fourth-order valence-electron chi connectivity index (χ4n) is 4.42. The lowest BCUT2D eigenvalue weighted by molar-refractivity contribution is 0.0524. The van der Waals surface area contributed by atoms with Crippen LogP contribution in [0.5, 0.6) is 0 Å². The number of hydrogen-bond acceptors (Lipinski definition) is 4. The fourth-order valence-corrected chi connectivity index (χ4v) is 4.42. The van der Waals surface area contributed by atoms with Crippen molar-refractivity contribution in [3.05, 3.63) is 71.4 Å². The Bertz CT molecular complexity index is 1310. The van der Waals surface area contributed by atoms with Gasteiger partial charge in [0.15, 0.2) is 0 Å². The minimum Gasteiger partial charge on any atom is -0.444 e. The van der Waals surface area contributed by atoms with E-state index >= 15 is 0 Å². The molecule has 7 nitrogen and oxygen atoms in total. The summed E-state index contributed by atoms with van der Waals surface area (Å²) < 4.78 is 7.43. The highest BCUT2D eigenvalue weighted by Crippen LogP contribution is 2.39. The lowest BCUT2D eigenvalue weighted by atomic mass is 9.98. The Kier molecular flexibility index (Phi) is 6.65. The van der Waals surface area contributed by atoms with E-state index in [1.54, 1.807) is 6.07 Å². The van der Waals surface area contributed by atoms with E-state index in [1.807, 2.05) is 70.2 Å². The minimum atomic E-state index is -0.568. The molecule has 1 aliphatic rings. The molecular formula is C28H30N4O3. The van der Waals surface area contributed by atoms with Crippen LogP contribution in [0.15, 0.2) is 54.6 Å². The molecule has 0 spiro atoms. The van der Waals surface area contributed by atoms with Crippen LogP contribution < -0.4 is 10.6 Å². The van der Waals surface area contributed by atoms with Gasteiger partial charge in [0.2, 0.25) is 0 Å². The van der Waals surface area contributed by atoms with Gasteiger partial charge in [-0.25, -0.2) is 4.79 Å². The zero-order valence-corrected chi connectivity index (χ0v) is 20.5. The van der Waals surface area contributed by atoms with E-state index in [0.717, 1.165) is 27.9 Å². The molecule has 2 amide bonds. The van der Waals surface area contributed by atoms with Crippen LogP contribution in [0.3, 0.4) is 0 Å². The topological polar surface area (TPSA) is 96.2 Å². The van der Waals surface area contributed by atoms with Gasteiger partial charge in [0.25, 0.3) is 5.91 Å². The second-order valence-corrected chi connectivity index (χ2v) is 9.81. The first-order valence-electron chi connectivity index (χ1n) is 11.7. The molecule has 4 rings (SSSR count). The molecule has 3 aromatic rings. The van der Waals surface area contributed by atoms with E-state index in [1.165, 1.54) is 0 Å². The summed E-state index contributed by atoms with van der Waals surface area (Å²) in [5.74, 6) is -0.141. The number of fused-ring (bicyclic) bond motifs is 1. The number of carbonyl (C=O) groups excluding carboxylic acids is 2. The van der Waals surface area contributed by atoms with E-state index < -0.39 is 11.7 Å². The van der Waals surface area contributed by atoms with Gasteiger partial charge in [-0.2, -0.15) is 5.26 Å². The van der Waals surface area contributed by atoms with Gasteiger partial charge in [0.05, 0.1) is 23.4 Å². The summed E-state index contributed by atoms with van der Waals surface area (Å²) in [5, 5.41) is 15.2. The number of ether oxygens (including phenoxy) is 1. The molecule has 0 fully saturated rings. The van der Waals surface area contributed by atoms with Crippen molar-refractivity contribution in [3.63, 3.8) is 0 Å². The predicted molar refractivity (Wildman–Crippen MR) is 135 cm³/mol. The number of carbonyl (C=O) groups is 2. The molecule has 0 aliphatic carbocycles. The van der Waals surface area contributed by atoms with E-state index in [9.17, 15) is 14.9 Å². The Morgan fingerprint density at radius 1 is 1.17 bits per heavy atom. The van der Waals surface area contributed by atoms with Crippen molar-refractivity contribution < 1.29 is 14.3 Å². The highest BCUT2D eigenvalue weighted by molar-refractivity contribution is 5.98. The minimum absolute atomic E-state index is 0.0685. The molecule has 1 aromatic heterocycles. The lowest BCUT2D eigenvalue weighted by Crippen LogP contribution is -2.41. The van der Waals surface area contributed by atoms with E-state index in [4.69, 9.17) is 4.74 Å². The molecule has 180 valence electrons. The maximum Gasteiger partial charge on any atom is 0.407 e. The van der Waals surface area contributed by atoms with Gasteiger partial charge in [0, 0.05) is 18.7 Å². The number of aryl methyl sites for hydroxylation is 1. The summed E-state index contributed by atoms with van der Waals surface area (Å²) in [7, 11) is 0. The van der Waals surface area contributed by atoms with Crippen molar-refractivity contribution in [2.24, 2.45) is 0 Å². The number of nitriles is 1. The van der Waals surface area contributed by atoms with Gasteiger partial charge in [-0.05, 0) is 69.5 Å². The predicted octanol–water partition coefficient (Wildman–Crippen LogP) is 5.20. The number of nitrogens with zero attached hydrogens (tertiary/aromatic N) is 2. The number of nitrogens with one attached hydrogen (secondary N) is 2. The first kappa shape index (κ1) is 24.1. The Morgan fingerprint density at radius 3 is 2.63 bits per heavy atom. The molecule has 35 heavy (non-hydrogen) atoms. The van der Waals surface area contributed by atoms with Crippen molar-refractivity contribution in [1.82, 2.24) is 15.2 Å². The van der Waals surface area contributed by atoms with Crippen LogP contribution in [0, 0.1) is 18.3 Å². The zero-order valence-electron chi connectivity index (χ0n) is 20.5. The molecule has 0 bridgehead atoms. The monoisotopic (exact) mass is 470 g/mol. The average molecular weight is 471 g/mol. The van der Waals surface area contributed by atoms with Crippen LogP contribution in [0.25, 0.3) is 22.4 Å². The maximum atomic E-state index is 12.9. The second-order valence-electron chi connectivity index (χ2n) is 9.81. The summed E-state index contributed by atoms with van der Waals surface area (Å²) in [4.78, 5) is 25.1. The summed E-state index contributed by atoms with van der Waals surface area (Å²) in [6.45, 7) is 8.37. The molecule has 1 unspecified atom stereocenters. The smallest absolute Gasteiger partial charge is 0.407 e. The quantitative estimate of drug-likeness (QED) is 0.536. The van der Waals surface area contributed by atoms with Gasteiger partial charge in [-0.1, -0.05) is 35.9 Å². The van der Waals surface area contributed by atoms with Gasteiger partial charge < -0.3 is 19.9 Å². The van der Waals surface area contributed by atoms with Crippen LogP contribution >= 0.6 is 0 Å². The number of amides is 2. The summed E-state index contributed by atoms with van der Waals surface area (Å²) in [5.41, 5.74) is 5.35. The second kappa shape index (κ2) is 9.67. The molecule has 0 radical (unpaired) electrons. The number of hydrogen-bond donors (Lipinski definition) is 2. The molecular weight excluding hydrogens is 440 g/mol. The van der Waals surface area contributed by atoms with Gasteiger partial charge >= 0.3 is 6.09 Å². The normalized spacial score (nSPS) is 15.1. The van der Waals surface area contributed by atoms with Crippen molar-refractivity contribution >= 4 is 12.0 Å². The van der Waals surface area contributed by atoms with Crippen molar-refractivity contribution in [2.75, 3.05) is 13.1 Å². The summed E-state index contributed by atoms with van der Waals surface area (Å²) in [6.07, 6.45) is 0.149. The van der Waals surface area contributed by atoms with Crippen LogP contribution in [0.1, 0.15) is 54.8 Å². The number of alkyl carbamates (subject to hydrolysis) is 1. The van der Waals surface area contributed by atoms with E-state index in [2.05, 4.69) is 27.3 Å². The first-order valence-corrected chi connectivity index (χ1v) is 11.7. The zero-order chi connectivity index (χ0) is 25.2. The number of aromatic nitrogens is 1. The van der Waals surface area contributed by atoms with Gasteiger partial charge in [-0.15, -0.1) is 0 Å². The lowest BCUT2D eigenvalue weighted by Gasteiger charge is -2.29. The van der Waals surface area contributed by atoms with Crippen molar-refractivity contribution in [1.29, 1.82) is 5.26 Å². The van der Waals surface area contributed by atoms with E-state index in [0.29, 0.717) is 30.8 Å². The Hall–Kier alpha value is -4.05. The SMILES string of the molecule is Cc1cccc(-c2c(-c3cccc(C#N)c3)cc3n2C(CCNC(=O)OC(C)(C)C)CNC3=O)c1. The third-order valence-electron chi connectivity index (χ3n) is 5.87. The van der Waals surface area contributed by atoms with Crippen LogP contribution in [-0.4, -0.2) is 35.3 Å². The van der Waals surface area contributed by atoms with Crippen molar-refractivity contribution in [2.45, 2.75) is 45.8 Å². The fraction of sp³-hybridized carbons (Fsp3) is 0.321. The largest absolute Gasteiger partial charge is 0.444 e. The highest BCUT2D eigenvalue weighted by atomic mass is 16.6. The maximum absolute atomic E-state index is 12.9. The average Bonchev–Trinajstić information content (AvgIpc) is 3.21. The molecule has 0 saturated carbocycles. The Balaban J connectivity index is 1.76. The number of rotatable bonds is 5. The third kappa shape index (κ3) is 5.38. The molecule has 2 heterocycles. The van der Waals surface area contributed by atoms with Gasteiger partial charge in [-0.3, -0.25) is 4.79 Å². The van der Waals surface area contributed by atoms with E-state index in [-0.39, 0.29) is 11.9 Å². The summed E-state index contributed by atoms with van der Waals surface area (Å²) in [6, 6.07) is 19.6. The molecule has 1 atom stereocenters. The molecule has 2 aromatic carbocycles. The molecule has 7 heteroatoms. The Labute approximate surface area is 205 Å². The van der Waals surface area contributed by atoms with Crippen molar-refractivity contribution in [3.8, 4) is 28.5 Å². The first-order chi connectivity index (χ1) is 16.7. The Morgan fingerprint density at radius 2 is 1.91 bits per heavy atom. The van der Waals surface area contributed by atoms with Crippen LogP contribution in [0.2, 0.25) is 0 Å². The number of benzene rings is 2. The van der Waals surface area contributed by atoms with Crippen LogP contribution in [-0.2, 0) is 4.74 Å². The van der Waals surface area contributed by atoms with Gasteiger partial charge in [0.1, 0.15) is 11.3 Å². The molecule has 1 aliphatic heterocycles. The summed E-state index contributed by atoms with van der Waals surface area (Å²) >= 11 is 0. The highest BCUT2D eigenvalue weighted by Gasteiger charge is 2.31. The standard InChI is InChI=1S/C28H30N4O3/c1-18-7-5-10-21(13-18)25-23(20-9-6-8-19(14-20)16-29)15-24-26(33)31-17-22(32(24)25)11-12-30-27(34)35-28(2,3)4/h5-10,13-15,22H,11-12,17H2,1-4H3,(H,30,34)(H,31,33). The molecule has 2 N–H and O–H groups in total. The van der Waals surface area contributed by atoms with Crippen LogP contribution in [0.4, 0.5) is 4.79 Å².